The smallest absolute Gasteiger partial charge is 0.338 e. The van der Waals surface area contributed by atoms with Gasteiger partial charge < -0.3 is 10.2 Å². The van der Waals surface area contributed by atoms with Gasteiger partial charge >= 0.3 is 12.2 Å². The van der Waals surface area contributed by atoms with Crippen LogP contribution in [0.15, 0.2) is 54.6 Å². The molecular formula is C19H21F3N2O. The molecule has 0 aliphatic heterocycles. The summed E-state index contributed by atoms with van der Waals surface area (Å²) in [5, 5.41) is 2.82. The van der Waals surface area contributed by atoms with Crippen LogP contribution >= 0.6 is 0 Å². The quantitative estimate of drug-likeness (QED) is 0.766. The molecule has 3 nitrogen and oxygen atoms in total. The molecule has 25 heavy (non-hydrogen) atoms. The fourth-order valence-corrected chi connectivity index (χ4v) is 2.41. The van der Waals surface area contributed by atoms with Gasteiger partial charge in [0.05, 0.1) is 5.56 Å². The van der Waals surface area contributed by atoms with Gasteiger partial charge in [-0.2, -0.15) is 13.2 Å². The number of alkyl halides is 3. The van der Waals surface area contributed by atoms with E-state index in [1.54, 1.807) is 7.05 Å². The van der Waals surface area contributed by atoms with Crippen molar-refractivity contribution in [3.63, 3.8) is 0 Å². The van der Waals surface area contributed by atoms with Crippen LogP contribution in [0.3, 0.4) is 0 Å². The Morgan fingerprint density at radius 2 is 1.64 bits per heavy atom. The van der Waals surface area contributed by atoms with E-state index >= 15 is 0 Å². The van der Waals surface area contributed by atoms with Gasteiger partial charge in [0, 0.05) is 20.1 Å². The average molecular weight is 350 g/mol. The molecule has 2 rings (SSSR count). The number of urea groups is 1. The normalized spacial score (nSPS) is 11.2. The second-order valence-electron chi connectivity index (χ2n) is 5.87. The average Bonchev–Trinajstić information content (AvgIpc) is 2.59. The van der Waals surface area contributed by atoms with Crippen LogP contribution in [0.1, 0.15) is 23.1 Å². The van der Waals surface area contributed by atoms with E-state index in [-0.39, 0.29) is 12.6 Å². The Morgan fingerprint density at radius 3 is 2.24 bits per heavy atom. The maximum atomic E-state index is 12.5. The Bertz CT molecular complexity index is 669. The van der Waals surface area contributed by atoms with Gasteiger partial charge in [-0.05, 0) is 36.1 Å². The molecule has 134 valence electrons. The molecule has 0 heterocycles. The Labute approximate surface area is 145 Å². The number of carbonyl (C=O) groups is 1. The lowest BCUT2D eigenvalue weighted by molar-refractivity contribution is -0.137. The number of hydrogen-bond donors (Lipinski definition) is 1. The van der Waals surface area contributed by atoms with E-state index in [0.717, 1.165) is 25.0 Å². The molecule has 0 radical (unpaired) electrons. The Morgan fingerprint density at radius 1 is 1.00 bits per heavy atom. The monoisotopic (exact) mass is 350 g/mol. The maximum Gasteiger partial charge on any atom is 0.416 e. The first-order chi connectivity index (χ1) is 11.9. The van der Waals surface area contributed by atoms with Crippen molar-refractivity contribution in [1.29, 1.82) is 0 Å². The van der Waals surface area contributed by atoms with E-state index in [1.807, 2.05) is 30.3 Å². The summed E-state index contributed by atoms with van der Waals surface area (Å²) >= 11 is 0. The van der Waals surface area contributed by atoms with E-state index in [4.69, 9.17) is 0 Å². The number of amides is 2. The molecule has 0 spiro atoms. The third-order valence-electron chi connectivity index (χ3n) is 3.81. The summed E-state index contributed by atoms with van der Waals surface area (Å²) in [7, 11) is 1.62. The predicted octanol–water partition coefficient (Wildman–Crippen LogP) is 4.48. The van der Waals surface area contributed by atoms with Gasteiger partial charge in [-0.1, -0.05) is 42.5 Å². The molecule has 6 heteroatoms. The van der Waals surface area contributed by atoms with Crippen LogP contribution in [-0.2, 0) is 19.1 Å². The molecule has 2 aromatic carbocycles. The lowest BCUT2D eigenvalue weighted by Gasteiger charge is -2.18. The number of aryl methyl sites for hydroxylation is 1. The molecule has 2 amide bonds. The zero-order valence-electron chi connectivity index (χ0n) is 14.0. The number of rotatable bonds is 6. The number of halogens is 3. The van der Waals surface area contributed by atoms with Crippen molar-refractivity contribution in [2.24, 2.45) is 0 Å². The highest BCUT2D eigenvalue weighted by atomic mass is 19.4. The van der Waals surface area contributed by atoms with Crippen LogP contribution in [0.4, 0.5) is 18.0 Å². The van der Waals surface area contributed by atoms with Crippen LogP contribution in [0.2, 0.25) is 0 Å². The summed E-state index contributed by atoms with van der Waals surface area (Å²) < 4.78 is 37.6. The maximum absolute atomic E-state index is 12.5. The van der Waals surface area contributed by atoms with Gasteiger partial charge in [0.1, 0.15) is 0 Å². The van der Waals surface area contributed by atoms with Gasteiger partial charge in [0.25, 0.3) is 0 Å². The zero-order chi connectivity index (χ0) is 18.3. The molecule has 0 aliphatic carbocycles. The summed E-state index contributed by atoms with van der Waals surface area (Å²) in [5.41, 5.74) is 1.18. The van der Waals surface area contributed by atoms with Gasteiger partial charge in [-0.25, -0.2) is 4.79 Å². The van der Waals surface area contributed by atoms with E-state index in [9.17, 15) is 18.0 Å². The van der Waals surface area contributed by atoms with Crippen LogP contribution < -0.4 is 5.32 Å². The highest BCUT2D eigenvalue weighted by Crippen LogP contribution is 2.29. The van der Waals surface area contributed by atoms with Crippen molar-refractivity contribution < 1.29 is 18.0 Å². The summed E-state index contributed by atoms with van der Waals surface area (Å²) in [6.45, 7) is 0.799. The number of carbonyl (C=O) groups excluding carboxylic acids is 1. The number of hydrogen-bond acceptors (Lipinski definition) is 1. The number of nitrogens with one attached hydrogen (secondary N) is 1. The molecule has 0 atom stereocenters. The lowest BCUT2D eigenvalue weighted by Crippen LogP contribution is -2.37. The van der Waals surface area contributed by atoms with Gasteiger partial charge in [-0.15, -0.1) is 0 Å². The molecular weight excluding hydrogens is 329 g/mol. The van der Waals surface area contributed by atoms with Crippen LogP contribution in [0, 0.1) is 0 Å². The van der Waals surface area contributed by atoms with E-state index in [2.05, 4.69) is 5.32 Å². The first-order valence-electron chi connectivity index (χ1n) is 8.05. The highest BCUT2D eigenvalue weighted by molar-refractivity contribution is 5.73. The number of nitrogens with zero attached hydrogens (tertiary/aromatic N) is 1. The van der Waals surface area contributed by atoms with Crippen molar-refractivity contribution in [3.8, 4) is 0 Å². The summed E-state index contributed by atoms with van der Waals surface area (Å²) in [6, 6.07) is 14.6. The Hall–Kier alpha value is -2.50. The standard InChI is InChI=1S/C19H21F3N2O/c1-24(14-16-9-11-17(12-10-16)19(20,21)22)18(25)23-13-5-8-15-6-3-2-4-7-15/h2-4,6-7,9-12H,5,8,13-14H2,1H3,(H,23,25). The Kier molecular flexibility index (Phi) is 6.44. The fraction of sp³-hybridized carbons (Fsp3) is 0.316. The van der Waals surface area contributed by atoms with Crippen molar-refractivity contribution in [2.75, 3.05) is 13.6 Å². The molecule has 0 aliphatic rings. The molecule has 1 N–H and O–H groups in total. The van der Waals surface area contributed by atoms with Gasteiger partial charge in [-0.3, -0.25) is 0 Å². The molecule has 2 aromatic rings. The minimum absolute atomic E-state index is 0.243. The van der Waals surface area contributed by atoms with E-state index < -0.39 is 11.7 Å². The summed E-state index contributed by atoms with van der Waals surface area (Å²) in [6.07, 6.45) is -2.64. The second kappa shape index (κ2) is 8.55. The van der Waals surface area contributed by atoms with Crippen molar-refractivity contribution in [1.82, 2.24) is 10.2 Å². The Balaban J connectivity index is 1.74. The van der Waals surface area contributed by atoms with Crippen molar-refractivity contribution >= 4 is 6.03 Å². The third-order valence-corrected chi connectivity index (χ3v) is 3.81. The van der Waals surface area contributed by atoms with Crippen LogP contribution in [0.5, 0.6) is 0 Å². The molecule has 0 saturated carbocycles. The fourth-order valence-electron chi connectivity index (χ4n) is 2.41. The molecule has 0 bridgehead atoms. The second-order valence-corrected chi connectivity index (χ2v) is 5.87. The molecule has 0 saturated heterocycles. The summed E-state index contributed by atoms with van der Waals surface area (Å²) in [4.78, 5) is 13.5. The summed E-state index contributed by atoms with van der Waals surface area (Å²) in [5.74, 6) is 0. The van der Waals surface area contributed by atoms with E-state index in [0.29, 0.717) is 12.1 Å². The van der Waals surface area contributed by atoms with Crippen molar-refractivity contribution in [3.05, 3.63) is 71.3 Å². The first-order valence-corrected chi connectivity index (χ1v) is 8.05. The molecule has 0 unspecified atom stereocenters. The minimum Gasteiger partial charge on any atom is -0.338 e. The molecule has 0 aromatic heterocycles. The minimum atomic E-state index is -4.35. The molecule has 0 fully saturated rings. The van der Waals surface area contributed by atoms with E-state index in [1.165, 1.54) is 22.6 Å². The number of benzene rings is 2. The third kappa shape index (κ3) is 6.14. The van der Waals surface area contributed by atoms with Crippen LogP contribution in [-0.4, -0.2) is 24.5 Å². The van der Waals surface area contributed by atoms with Crippen LogP contribution in [0.25, 0.3) is 0 Å². The topological polar surface area (TPSA) is 32.3 Å². The van der Waals surface area contributed by atoms with Crippen molar-refractivity contribution in [2.45, 2.75) is 25.6 Å². The lowest BCUT2D eigenvalue weighted by atomic mass is 10.1. The zero-order valence-corrected chi connectivity index (χ0v) is 14.0. The largest absolute Gasteiger partial charge is 0.416 e. The van der Waals surface area contributed by atoms with Gasteiger partial charge in [0.2, 0.25) is 0 Å². The van der Waals surface area contributed by atoms with Gasteiger partial charge in [0.15, 0.2) is 0 Å². The highest BCUT2D eigenvalue weighted by Gasteiger charge is 2.29. The SMILES string of the molecule is CN(Cc1ccc(C(F)(F)F)cc1)C(=O)NCCCc1ccccc1. The predicted molar refractivity (Wildman–Crippen MR) is 91.1 cm³/mol. The first kappa shape index (κ1) is 18.8.